The molecular weight excluding hydrogens is 171 g/mol. The Morgan fingerprint density at radius 1 is 1.54 bits per heavy atom. The van der Waals surface area contributed by atoms with Crippen molar-refractivity contribution >= 4 is 5.78 Å². The topological polar surface area (TPSA) is 26.3 Å². The van der Waals surface area contributed by atoms with E-state index >= 15 is 0 Å². The van der Waals surface area contributed by atoms with E-state index < -0.39 is 6.10 Å². The van der Waals surface area contributed by atoms with Crippen molar-refractivity contribution in [2.24, 2.45) is 0 Å². The van der Waals surface area contributed by atoms with E-state index in [1.165, 1.54) is 25.1 Å². The summed E-state index contributed by atoms with van der Waals surface area (Å²) >= 11 is 0. The first-order chi connectivity index (χ1) is 6.09. The second-order valence-corrected chi connectivity index (χ2v) is 2.83. The third kappa shape index (κ3) is 2.86. The fourth-order valence-electron chi connectivity index (χ4n) is 0.827. The van der Waals surface area contributed by atoms with Crippen LogP contribution in [0.5, 0.6) is 5.75 Å². The summed E-state index contributed by atoms with van der Waals surface area (Å²) in [6.07, 6.45) is -0.526. The minimum Gasteiger partial charge on any atom is -0.483 e. The Morgan fingerprint density at radius 3 is 2.77 bits per heavy atom. The van der Waals surface area contributed by atoms with Crippen LogP contribution in [0.3, 0.4) is 0 Å². The largest absolute Gasteiger partial charge is 0.483 e. The molecule has 1 aromatic rings. The predicted octanol–water partition coefficient (Wildman–Crippen LogP) is 2.18. The molecule has 0 heterocycles. The summed E-state index contributed by atoms with van der Waals surface area (Å²) < 4.78 is 17.8. The van der Waals surface area contributed by atoms with Crippen LogP contribution in [-0.2, 0) is 4.79 Å². The van der Waals surface area contributed by atoms with Crippen LogP contribution in [0.2, 0.25) is 0 Å². The second kappa shape index (κ2) is 4.03. The van der Waals surface area contributed by atoms with Gasteiger partial charge in [-0.15, -0.1) is 0 Å². The van der Waals surface area contributed by atoms with E-state index in [1.54, 1.807) is 13.0 Å². The number of rotatable bonds is 3. The van der Waals surface area contributed by atoms with Gasteiger partial charge in [0.15, 0.2) is 11.9 Å². The number of hydrogen-bond acceptors (Lipinski definition) is 2. The third-order valence-electron chi connectivity index (χ3n) is 1.68. The zero-order chi connectivity index (χ0) is 9.84. The van der Waals surface area contributed by atoms with Crippen molar-refractivity contribution in [2.45, 2.75) is 20.0 Å². The summed E-state index contributed by atoms with van der Waals surface area (Å²) in [4.78, 5) is 10.8. The number of hydrogen-bond donors (Lipinski definition) is 0. The summed E-state index contributed by atoms with van der Waals surface area (Å²) in [7, 11) is 0. The van der Waals surface area contributed by atoms with Gasteiger partial charge in [0.05, 0.1) is 0 Å². The molecule has 0 unspecified atom stereocenters. The van der Waals surface area contributed by atoms with Crippen LogP contribution in [-0.4, -0.2) is 11.9 Å². The molecule has 1 aromatic carbocycles. The number of carbonyl (C=O) groups is 1. The van der Waals surface area contributed by atoms with Crippen LogP contribution in [0.4, 0.5) is 4.39 Å². The van der Waals surface area contributed by atoms with Gasteiger partial charge < -0.3 is 4.74 Å². The summed E-state index contributed by atoms with van der Waals surface area (Å²) in [6.45, 7) is 3.07. The highest BCUT2D eigenvalue weighted by atomic mass is 19.1. The summed E-state index contributed by atoms with van der Waals surface area (Å²) in [6, 6.07) is 5.73. The smallest absolute Gasteiger partial charge is 0.169 e. The van der Waals surface area contributed by atoms with Crippen molar-refractivity contribution in [3.8, 4) is 5.75 Å². The Hall–Kier alpha value is -1.38. The monoisotopic (exact) mass is 182 g/mol. The van der Waals surface area contributed by atoms with E-state index in [0.29, 0.717) is 5.75 Å². The minimum atomic E-state index is -0.526. The lowest BCUT2D eigenvalue weighted by atomic mass is 10.3. The molecule has 0 aliphatic rings. The molecule has 0 saturated heterocycles. The van der Waals surface area contributed by atoms with Crippen LogP contribution < -0.4 is 4.74 Å². The van der Waals surface area contributed by atoms with Gasteiger partial charge in [0.1, 0.15) is 11.6 Å². The van der Waals surface area contributed by atoms with E-state index in [2.05, 4.69) is 0 Å². The molecule has 0 saturated carbocycles. The normalized spacial score (nSPS) is 12.2. The van der Waals surface area contributed by atoms with Gasteiger partial charge in [0, 0.05) is 6.07 Å². The highest BCUT2D eigenvalue weighted by Crippen LogP contribution is 2.13. The molecule has 70 valence electrons. The second-order valence-electron chi connectivity index (χ2n) is 2.83. The minimum absolute atomic E-state index is 0.0794. The Bertz CT molecular complexity index is 310. The maximum atomic E-state index is 12.7. The average molecular weight is 182 g/mol. The molecular formula is C10H11FO2. The molecule has 0 N–H and O–H groups in total. The van der Waals surface area contributed by atoms with Gasteiger partial charge >= 0.3 is 0 Å². The van der Waals surface area contributed by atoms with E-state index in [1.807, 2.05) is 0 Å². The Morgan fingerprint density at radius 2 is 2.23 bits per heavy atom. The molecule has 0 aliphatic carbocycles. The molecule has 0 aliphatic heterocycles. The van der Waals surface area contributed by atoms with Crippen LogP contribution in [0.1, 0.15) is 13.8 Å². The zero-order valence-corrected chi connectivity index (χ0v) is 7.58. The van der Waals surface area contributed by atoms with Crippen LogP contribution in [0, 0.1) is 5.82 Å². The highest BCUT2D eigenvalue weighted by Gasteiger charge is 2.08. The lowest BCUT2D eigenvalue weighted by Crippen LogP contribution is -2.20. The van der Waals surface area contributed by atoms with Gasteiger partial charge in [-0.3, -0.25) is 4.79 Å². The van der Waals surface area contributed by atoms with Crippen molar-refractivity contribution in [1.29, 1.82) is 0 Å². The Balaban J connectivity index is 2.69. The molecule has 0 amide bonds. The van der Waals surface area contributed by atoms with Crippen molar-refractivity contribution in [2.75, 3.05) is 0 Å². The molecule has 1 rings (SSSR count). The van der Waals surface area contributed by atoms with E-state index in [9.17, 15) is 9.18 Å². The number of Topliss-reactive ketones (excluding diaryl/α,β-unsaturated/α-hetero) is 1. The van der Waals surface area contributed by atoms with Crippen molar-refractivity contribution in [3.63, 3.8) is 0 Å². The first kappa shape index (κ1) is 9.71. The highest BCUT2D eigenvalue weighted by molar-refractivity contribution is 5.80. The van der Waals surface area contributed by atoms with Crippen molar-refractivity contribution < 1.29 is 13.9 Å². The SMILES string of the molecule is CC(=O)[C@H](C)Oc1cccc(F)c1. The number of halogens is 1. The molecule has 0 spiro atoms. The molecule has 0 fully saturated rings. The maximum absolute atomic E-state index is 12.7. The standard InChI is InChI=1S/C10H11FO2/c1-7(12)8(2)13-10-5-3-4-9(11)6-10/h3-6,8H,1-2H3/t8-/m0/s1. The first-order valence-corrected chi connectivity index (χ1v) is 4.02. The lowest BCUT2D eigenvalue weighted by Gasteiger charge is -2.10. The fraction of sp³-hybridized carbons (Fsp3) is 0.300. The quantitative estimate of drug-likeness (QED) is 0.716. The third-order valence-corrected chi connectivity index (χ3v) is 1.68. The van der Waals surface area contributed by atoms with Gasteiger partial charge in [-0.1, -0.05) is 6.07 Å². The van der Waals surface area contributed by atoms with E-state index in [-0.39, 0.29) is 11.6 Å². The zero-order valence-electron chi connectivity index (χ0n) is 7.58. The van der Waals surface area contributed by atoms with Gasteiger partial charge in [0.25, 0.3) is 0 Å². The van der Waals surface area contributed by atoms with Crippen molar-refractivity contribution in [3.05, 3.63) is 30.1 Å². The average Bonchev–Trinajstić information content (AvgIpc) is 2.04. The number of ketones is 1. The van der Waals surface area contributed by atoms with Crippen LogP contribution in [0.15, 0.2) is 24.3 Å². The molecule has 2 nitrogen and oxygen atoms in total. The first-order valence-electron chi connectivity index (χ1n) is 4.02. The number of benzene rings is 1. The summed E-state index contributed by atoms with van der Waals surface area (Å²) in [5.74, 6) is -0.0692. The van der Waals surface area contributed by atoms with Crippen LogP contribution >= 0.6 is 0 Å². The molecule has 0 aromatic heterocycles. The number of carbonyl (C=O) groups excluding carboxylic acids is 1. The van der Waals surface area contributed by atoms with Crippen molar-refractivity contribution in [1.82, 2.24) is 0 Å². The van der Waals surface area contributed by atoms with E-state index in [4.69, 9.17) is 4.74 Å². The summed E-state index contributed by atoms with van der Waals surface area (Å²) in [5.41, 5.74) is 0. The summed E-state index contributed by atoms with van der Waals surface area (Å²) in [5, 5.41) is 0. The van der Waals surface area contributed by atoms with Gasteiger partial charge in [-0.25, -0.2) is 4.39 Å². The predicted molar refractivity (Wildman–Crippen MR) is 47.2 cm³/mol. The molecule has 1 atom stereocenters. The number of ether oxygens (including phenoxy) is 1. The lowest BCUT2D eigenvalue weighted by molar-refractivity contribution is -0.122. The van der Waals surface area contributed by atoms with E-state index in [0.717, 1.165) is 0 Å². The Kier molecular flexibility index (Phi) is 3.01. The molecule has 0 radical (unpaired) electrons. The molecule has 0 bridgehead atoms. The molecule has 13 heavy (non-hydrogen) atoms. The Labute approximate surface area is 76.3 Å². The van der Waals surface area contributed by atoms with Gasteiger partial charge in [-0.2, -0.15) is 0 Å². The fourth-order valence-corrected chi connectivity index (χ4v) is 0.827. The molecule has 3 heteroatoms. The maximum Gasteiger partial charge on any atom is 0.169 e. The van der Waals surface area contributed by atoms with Gasteiger partial charge in [0.2, 0.25) is 0 Å². The van der Waals surface area contributed by atoms with Gasteiger partial charge in [-0.05, 0) is 26.0 Å². The van der Waals surface area contributed by atoms with Crippen LogP contribution in [0.25, 0.3) is 0 Å².